The largest absolute Gasteiger partial charge is 0.490 e. The van der Waals surface area contributed by atoms with E-state index in [0.29, 0.717) is 37.7 Å². The zero-order chi connectivity index (χ0) is 26.2. The molecule has 1 aliphatic heterocycles. The molecule has 1 aliphatic carbocycles. The molecule has 1 saturated heterocycles. The Labute approximate surface area is 217 Å². The number of fused-ring (bicyclic) bond motifs is 1. The minimum atomic E-state index is -0.428. The van der Waals surface area contributed by atoms with Gasteiger partial charge in [-0.25, -0.2) is 4.39 Å². The molecule has 2 aromatic rings. The Morgan fingerprint density at radius 2 is 1.86 bits per heavy atom. The van der Waals surface area contributed by atoms with Crippen molar-refractivity contribution in [3.63, 3.8) is 0 Å². The van der Waals surface area contributed by atoms with Crippen molar-refractivity contribution in [3.05, 3.63) is 65.2 Å². The maximum absolute atomic E-state index is 14.2. The smallest absolute Gasteiger partial charge is 0.289 e. The first-order chi connectivity index (χ1) is 18.0. The van der Waals surface area contributed by atoms with Crippen molar-refractivity contribution in [2.24, 2.45) is 0 Å². The van der Waals surface area contributed by atoms with Crippen LogP contribution in [0.5, 0.6) is 11.5 Å². The summed E-state index contributed by atoms with van der Waals surface area (Å²) in [5, 5.41) is 2.93. The molecule has 0 bridgehead atoms. The molecule has 0 aromatic heterocycles. The summed E-state index contributed by atoms with van der Waals surface area (Å²) < 4.78 is 31.5. The van der Waals surface area contributed by atoms with E-state index in [2.05, 4.69) is 5.32 Å². The Kier molecular flexibility index (Phi) is 9.04. The predicted molar refractivity (Wildman–Crippen MR) is 139 cm³/mol. The third-order valence-corrected chi connectivity index (χ3v) is 6.67. The Morgan fingerprint density at radius 1 is 1.11 bits per heavy atom. The number of benzene rings is 2. The number of halogens is 1. The number of hydrogen-bond acceptors (Lipinski definition) is 5. The van der Waals surface area contributed by atoms with Gasteiger partial charge >= 0.3 is 0 Å². The first-order valence-corrected chi connectivity index (χ1v) is 13.1. The van der Waals surface area contributed by atoms with Crippen molar-refractivity contribution in [2.45, 2.75) is 58.1 Å². The first-order valence-electron chi connectivity index (χ1n) is 13.1. The SMILES string of the molecule is CCOc1ccc(CCNC(=O)CN2C(=O)/C(=C\c3ccccc3F)OC3CCCCC32)cc1OCC. The van der Waals surface area contributed by atoms with Crippen molar-refractivity contribution in [3.8, 4) is 11.5 Å². The molecule has 7 nitrogen and oxygen atoms in total. The molecule has 0 spiro atoms. The van der Waals surface area contributed by atoms with Crippen LogP contribution in [0.15, 0.2) is 48.2 Å². The summed E-state index contributed by atoms with van der Waals surface area (Å²) in [7, 11) is 0. The Hall–Kier alpha value is -3.55. The van der Waals surface area contributed by atoms with Crippen LogP contribution >= 0.6 is 0 Å². The average Bonchev–Trinajstić information content (AvgIpc) is 2.89. The van der Waals surface area contributed by atoms with E-state index in [4.69, 9.17) is 14.2 Å². The highest BCUT2D eigenvalue weighted by Gasteiger charge is 2.42. The Bertz CT molecular complexity index is 1140. The van der Waals surface area contributed by atoms with Gasteiger partial charge in [-0.15, -0.1) is 0 Å². The summed E-state index contributed by atoms with van der Waals surface area (Å²) in [5.74, 6) is 0.422. The van der Waals surface area contributed by atoms with Crippen LogP contribution in [0.4, 0.5) is 4.39 Å². The molecule has 37 heavy (non-hydrogen) atoms. The van der Waals surface area contributed by atoms with E-state index in [1.165, 1.54) is 12.1 Å². The molecule has 1 heterocycles. The summed E-state index contributed by atoms with van der Waals surface area (Å²) in [5.41, 5.74) is 1.29. The van der Waals surface area contributed by atoms with Crippen molar-refractivity contribution < 1.29 is 28.2 Å². The number of nitrogens with zero attached hydrogens (tertiary/aromatic N) is 1. The normalized spacial score (nSPS) is 20.2. The third kappa shape index (κ3) is 6.61. The van der Waals surface area contributed by atoms with Gasteiger partial charge in [0.2, 0.25) is 5.91 Å². The number of carbonyl (C=O) groups is 2. The predicted octanol–water partition coefficient (Wildman–Crippen LogP) is 4.49. The van der Waals surface area contributed by atoms with Gasteiger partial charge in [-0.2, -0.15) is 0 Å². The van der Waals surface area contributed by atoms with E-state index < -0.39 is 5.82 Å². The van der Waals surface area contributed by atoms with Gasteiger partial charge in [0, 0.05) is 12.1 Å². The second-order valence-corrected chi connectivity index (χ2v) is 9.22. The molecule has 4 rings (SSSR count). The molecular formula is C29H35FN2O5. The monoisotopic (exact) mass is 510 g/mol. The maximum Gasteiger partial charge on any atom is 0.289 e. The highest BCUT2D eigenvalue weighted by atomic mass is 19.1. The topological polar surface area (TPSA) is 77.1 Å². The zero-order valence-corrected chi connectivity index (χ0v) is 21.5. The molecule has 2 unspecified atom stereocenters. The molecular weight excluding hydrogens is 475 g/mol. The number of carbonyl (C=O) groups excluding carboxylic acids is 2. The zero-order valence-electron chi connectivity index (χ0n) is 21.5. The van der Waals surface area contributed by atoms with Gasteiger partial charge in [-0.05, 0) is 69.4 Å². The fourth-order valence-corrected chi connectivity index (χ4v) is 4.90. The van der Waals surface area contributed by atoms with Gasteiger partial charge in [-0.1, -0.05) is 30.7 Å². The van der Waals surface area contributed by atoms with Crippen molar-refractivity contribution >= 4 is 17.9 Å². The van der Waals surface area contributed by atoms with E-state index in [0.717, 1.165) is 31.2 Å². The van der Waals surface area contributed by atoms with E-state index in [1.807, 2.05) is 32.0 Å². The molecule has 2 aliphatic rings. The molecule has 2 aromatic carbocycles. The number of nitrogens with one attached hydrogen (secondary N) is 1. The lowest BCUT2D eigenvalue weighted by Gasteiger charge is -2.44. The number of hydrogen-bond donors (Lipinski definition) is 1. The fourth-order valence-electron chi connectivity index (χ4n) is 4.90. The van der Waals surface area contributed by atoms with E-state index in [1.54, 1.807) is 23.1 Å². The number of morpholine rings is 1. The van der Waals surface area contributed by atoms with Crippen LogP contribution in [0.2, 0.25) is 0 Å². The molecule has 2 fully saturated rings. The minimum absolute atomic E-state index is 0.0640. The summed E-state index contributed by atoms with van der Waals surface area (Å²) in [4.78, 5) is 27.8. The van der Waals surface area contributed by atoms with Crippen molar-refractivity contribution in [1.29, 1.82) is 0 Å². The van der Waals surface area contributed by atoms with E-state index >= 15 is 0 Å². The lowest BCUT2D eigenvalue weighted by atomic mass is 9.89. The second kappa shape index (κ2) is 12.6. The molecule has 8 heteroatoms. The van der Waals surface area contributed by atoms with Gasteiger partial charge in [0.15, 0.2) is 17.3 Å². The number of rotatable bonds is 10. The van der Waals surface area contributed by atoms with Gasteiger partial charge < -0.3 is 24.4 Å². The van der Waals surface area contributed by atoms with Crippen molar-refractivity contribution in [2.75, 3.05) is 26.3 Å². The Balaban J connectivity index is 1.40. The number of amides is 2. The Morgan fingerprint density at radius 3 is 2.65 bits per heavy atom. The average molecular weight is 511 g/mol. The molecule has 0 radical (unpaired) electrons. The van der Waals surface area contributed by atoms with Crippen LogP contribution in [-0.4, -0.2) is 55.2 Å². The molecule has 2 atom stereocenters. The van der Waals surface area contributed by atoms with Crippen LogP contribution < -0.4 is 14.8 Å². The van der Waals surface area contributed by atoms with E-state index in [-0.39, 0.29) is 41.8 Å². The summed E-state index contributed by atoms with van der Waals surface area (Å²) in [6, 6.07) is 11.8. The van der Waals surface area contributed by atoms with Crippen molar-refractivity contribution in [1.82, 2.24) is 10.2 Å². The standard InChI is InChI=1S/C29H35FN2O5/c1-3-35-25-14-13-20(17-26(25)36-4-2)15-16-31-28(33)19-32-23-11-7-8-12-24(23)37-27(29(32)34)18-21-9-5-6-10-22(21)30/h5-6,9-10,13-14,17-18,23-24H,3-4,7-8,11-12,15-16,19H2,1-2H3,(H,31,33)/b27-18+. The lowest BCUT2D eigenvalue weighted by molar-refractivity contribution is -0.151. The van der Waals surface area contributed by atoms with Gasteiger partial charge in [0.1, 0.15) is 18.5 Å². The quantitative estimate of drug-likeness (QED) is 0.477. The van der Waals surface area contributed by atoms with Crippen LogP contribution in [0.25, 0.3) is 6.08 Å². The highest BCUT2D eigenvalue weighted by molar-refractivity contribution is 5.98. The summed E-state index contributed by atoms with van der Waals surface area (Å²) >= 11 is 0. The van der Waals surface area contributed by atoms with Crippen LogP contribution in [0, 0.1) is 5.82 Å². The molecule has 1 N–H and O–H groups in total. The third-order valence-electron chi connectivity index (χ3n) is 6.67. The van der Waals surface area contributed by atoms with Gasteiger partial charge in [0.05, 0.1) is 19.3 Å². The molecule has 198 valence electrons. The highest BCUT2D eigenvalue weighted by Crippen LogP contribution is 2.33. The molecule has 2 amide bonds. The van der Waals surface area contributed by atoms with Gasteiger partial charge in [0.25, 0.3) is 5.91 Å². The van der Waals surface area contributed by atoms with E-state index in [9.17, 15) is 14.0 Å². The second-order valence-electron chi connectivity index (χ2n) is 9.22. The molecule has 1 saturated carbocycles. The fraction of sp³-hybridized carbons (Fsp3) is 0.448. The lowest BCUT2D eigenvalue weighted by Crippen LogP contribution is -2.57. The number of ether oxygens (including phenoxy) is 3. The minimum Gasteiger partial charge on any atom is -0.490 e. The maximum atomic E-state index is 14.2. The first kappa shape index (κ1) is 26.5. The van der Waals surface area contributed by atoms with Crippen LogP contribution in [0.3, 0.4) is 0 Å². The van der Waals surface area contributed by atoms with Crippen LogP contribution in [0.1, 0.15) is 50.7 Å². The summed E-state index contributed by atoms with van der Waals surface area (Å²) in [6.45, 7) is 5.28. The summed E-state index contributed by atoms with van der Waals surface area (Å²) in [6.07, 6.45) is 5.40. The van der Waals surface area contributed by atoms with Gasteiger partial charge in [-0.3, -0.25) is 9.59 Å². The van der Waals surface area contributed by atoms with Crippen LogP contribution in [-0.2, 0) is 20.7 Å².